The van der Waals surface area contributed by atoms with Gasteiger partial charge in [-0.05, 0) is 57.1 Å². The van der Waals surface area contributed by atoms with Crippen molar-refractivity contribution in [3.63, 3.8) is 0 Å². The molecule has 1 aliphatic rings. The summed E-state index contributed by atoms with van der Waals surface area (Å²) >= 11 is 0. The Labute approximate surface area is 174 Å². The van der Waals surface area contributed by atoms with Crippen LogP contribution in [0.25, 0.3) is 0 Å². The maximum absolute atomic E-state index is 12.4. The van der Waals surface area contributed by atoms with E-state index in [1.165, 1.54) is 12.0 Å². The van der Waals surface area contributed by atoms with E-state index in [1.807, 2.05) is 25.1 Å². The number of hydrogen-bond acceptors (Lipinski definition) is 5. The molecule has 1 saturated heterocycles. The van der Waals surface area contributed by atoms with E-state index in [0.29, 0.717) is 12.3 Å². The molecule has 0 saturated carbocycles. The summed E-state index contributed by atoms with van der Waals surface area (Å²) < 4.78 is 0. The molecule has 2 aromatic rings. The number of carbonyl (C=O) groups is 1. The van der Waals surface area contributed by atoms with Gasteiger partial charge < -0.3 is 15.5 Å². The van der Waals surface area contributed by atoms with Crippen molar-refractivity contribution in [2.45, 2.75) is 52.9 Å². The van der Waals surface area contributed by atoms with Crippen LogP contribution in [0.2, 0.25) is 0 Å². The summed E-state index contributed by atoms with van der Waals surface area (Å²) in [7, 11) is 0. The number of nitrogens with one attached hydrogen (secondary N) is 2. The van der Waals surface area contributed by atoms with Crippen LogP contribution in [0.3, 0.4) is 0 Å². The number of aromatic nitrogens is 2. The zero-order chi connectivity index (χ0) is 20.6. The summed E-state index contributed by atoms with van der Waals surface area (Å²) in [4.78, 5) is 23.5. The van der Waals surface area contributed by atoms with E-state index in [-0.39, 0.29) is 5.91 Å². The highest BCUT2D eigenvalue weighted by molar-refractivity contribution is 5.91. The fourth-order valence-electron chi connectivity index (χ4n) is 3.88. The van der Waals surface area contributed by atoms with Crippen molar-refractivity contribution in [3.8, 4) is 0 Å². The number of amides is 1. The molecule has 1 fully saturated rings. The molecule has 2 N–H and O–H groups in total. The SMILES string of the molecule is CCCNc1cc(N2CCC[C@H](CCC(=O)Nc3ccc(C)cc3C)C2)ncn1. The average Bonchev–Trinajstić information content (AvgIpc) is 2.73. The molecule has 0 bridgehead atoms. The molecular weight excluding hydrogens is 362 g/mol. The molecule has 0 spiro atoms. The predicted molar refractivity (Wildman–Crippen MR) is 120 cm³/mol. The third-order valence-corrected chi connectivity index (χ3v) is 5.49. The molecule has 3 rings (SSSR count). The summed E-state index contributed by atoms with van der Waals surface area (Å²) in [5.74, 6) is 2.47. The van der Waals surface area contributed by atoms with Gasteiger partial charge >= 0.3 is 0 Å². The summed E-state index contributed by atoms with van der Waals surface area (Å²) in [6.45, 7) is 9.10. The van der Waals surface area contributed by atoms with Crippen LogP contribution in [0.1, 0.15) is 50.2 Å². The molecule has 1 amide bonds. The number of hydrogen-bond donors (Lipinski definition) is 2. The van der Waals surface area contributed by atoms with Crippen LogP contribution in [0, 0.1) is 19.8 Å². The summed E-state index contributed by atoms with van der Waals surface area (Å²) in [5, 5.41) is 6.39. The molecule has 0 radical (unpaired) electrons. The van der Waals surface area contributed by atoms with Crippen LogP contribution in [0.5, 0.6) is 0 Å². The lowest BCUT2D eigenvalue weighted by atomic mass is 9.93. The first-order valence-electron chi connectivity index (χ1n) is 10.7. The van der Waals surface area contributed by atoms with Crippen LogP contribution in [0.4, 0.5) is 17.3 Å². The van der Waals surface area contributed by atoms with Crippen LogP contribution in [0.15, 0.2) is 30.6 Å². The predicted octanol–water partition coefficient (Wildman–Crippen LogP) is 4.55. The first-order chi connectivity index (χ1) is 14.0. The molecule has 6 nitrogen and oxygen atoms in total. The van der Waals surface area contributed by atoms with Crippen LogP contribution < -0.4 is 15.5 Å². The lowest BCUT2D eigenvalue weighted by molar-refractivity contribution is -0.116. The van der Waals surface area contributed by atoms with Crippen molar-refractivity contribution in [2.24, 2.45) is 5.92 Å². The Kier molecular flexibility index (Phi) is 7.44. The fourth-order valence-corrected chi connectivity index (χ4v) is 3.88. The van der Waals surface area contributed by atoms with Crippen LogP contribution in [-0.2, 0) is 4.79 Å². The number of benzene rings is 1. The molecule has 0 aliphatic carbocycles. The van der Waals surface area contributed by atoms with Gasteiger partial charge in [0.25, 0.3) is 0 Å². The van der Waals surface area contributed by atoms with Gasteiger partial charge in [0.05, 0.1) is 0 Å². The van der Waals surface area contributed by atoms with E-state index >= 15 is 0 Å². The molecule has 2 heterocycles. The van der Waals surface area contributed by atoms with Crippen molar-refractivity contribution in [1.82, 2.24) is 9.97 Å². The Morgan fingerprint density at radius 1 is 1.24 bits per heavy atom. The number of rotatable bonds is 8. The number of nitrogens with zero attached hydrogens (tertiary/aromatic N) is 3. The monoisotopic (exact) mass is 395 g/mol. The zero-order valence-electron chi connectivity index (χ0n) is 17.9. The van der Waals surface area contributed by atoms with E-state index in [1.54, 1.807) is 6.33 Å². The first kappa shape index (κ1) is 21.1. The number of piperidine rings is 1. The number of carbonyl (C=O) groups excluding carboxylic acids is 1. The second-order valence-corrected chi connectivity index (χ2v) is 8.05. The van der Waals surface area contributed by atoms with Gasteiger partial charge in [-0.3, -0.25) is 4.79 Å². The fraction of sp³-hybridized carbons (Fsp3) is 0.522. The lowest BCUT2D eigenvalue weighted by Gasteiger charge is -2.33. The molecule has 1 atom stereocenters. The van der Waals surface area contributed by atoms with Gasteiger partial charge in [0.1, 0.15) is 18.0 Å². The average molecular weight is 396 g/mol. The van der Waals surface area contributed by atoms with Gasteiger partial charge in [-0.15, -0.1) is 0 Å². The Hall–Kier alpha value is -2.63. The Bertz CT molecular complexity index is 823. The van der Waals surface area contributed by atoms with Crippen molar-refractivity contribution in [2.75, 3.05) is 35.2 Å². The normalized spacial score (nSPS) is 16.5. The quantitative estimate of drug-likeness (QED) is 0.686. The second kappa shape index (κ2) is 10.2. The molecule has 156 valence electrons. The molecule has 6 heteroatoms. The maximum Gasteiger partial charge on any atom is 0.224 e. The lowest BCUT2D eigenvalue weighted by Crippen LogP contribution is -2.36. The summed E-state index contributed by atoms with van der Waals surface area (Å²) in [5.41, 5.74) is 3.23. The van der Waals surface area contributed by atoms with Crippen molar-refractivity contribution in [3.05, 3.63) is 41.7 Å². The standard InChI is InChI=1S/C23H33N5O/c1-4-11-24-21-14-22(26-16-25-21)28-12-5-6-19(15-28)8-10-23(29)27-20-9-7-17(2)13-18(20)3/h7,9,13-14,16,19H,4-6,8,10-12,15H2,1-3H3,(H,27,29)(H,24,25,26)/t19-/m1/s1. The molecule has 0 unspecified atom stereocenters. The molecule has 1 aromatic carbocycles. The number of aryl methyl sites for hydroxylation is 2. The molecule has 1 aromatic heterocycles. The Morgan fingerprint density at radius 2 is 2.10 bits per heavy atom. The topological polar surface area (TPSA) is 70.2 Å². The van der Waals surface area contributed by atoms with Crippen molar-refractivity contribution >= 4 is 23.2 Å². The van der Waals surface area contributed by atoms with E-state index in [2.05, 4.69) is 45.4 Å². The first-order valence-corrected chi connectivity index (χ1v) is 10.7. The van der Waals surface area contributed by atoms with Crippen molar-refractivity contribution in [1.29, 1.82) is 0 Å². The van der Waals surface area contributed by atoms with Gasteiger partial charge in [-0.25, -0.2) is 9.97 Å². The third-order valence-electron chi connectivity index (χ3n) is 5.49. The third kappa shape index (κ3) is 6.17. The minimum absolute atomic E-state index is 0.0992. The van der Waals surface area contributed by atoms with Gasteiger partial charge in [-0.1, -0.05) is 24.6 Å². The minimum Gasteiger partial charge on any atom is -0.370 e. The van der Waals surface area contributed by atoms with E-state index in [4.69, 9.17) is 0 Å². The largest absolute Gasteiger partial charge is 0.370 e. The van der Waals surface area contributed by atoms with Gasteiger partial charge in [0.2, 0.25) is 5.91 Å². The molecule has 29 heavy (non-hydrogen) atoms. The van der Waals surface area contributed by atoms with Crippen LogP contribution >= 0.6 is 0 Å². The minimum atomic E-state index is 0.0992. The Morgan fingerprint density at radius 3 is 2.90 bits per heavy atom. The van der Waals surface area contributed by atoms with Crippen LogP contribution in [-0.4, -0.2) is 35.5 Å². The highest BCUT2D eigenvalue weighted by atomic mass is 16.1. The van der Waals surface area contributed by atoms with E-state index in [0.717, 1.165) is 61.8 Å². The highest BCUT2D eigenvalue weighted by Gasteiger charge is 2.22. The second-order valence-electron chi connectivity index (χ2n) is 8.05. The molecule has 1 aliphatic heterocycles. The van der Waals surface area contributed by atoms with Gasteiger partial charge in [0, 0.05) is 37.8 Å². The highest BCUT2D eigenvalue weighted by Crippen LogP contribution is 2.26. The van der Waals surface area contributed by atoms with Gasteiger partial charge in [-0.2, -0.15) is 0 Å². The number of anilines is 3. The summed E-state index contributed by atoms with van der Waals surface area (Å²) in [6.07, 6.45) is 6.45. The van der Waals surface area contributed by atoms with Gasteiger partial charge in [0.15, 0.2) is 0 Å². The summed E-state index contributed by atoms with van der Waals surface area (Å²) in [6, 6.07) is 8.15. The smallest absolute Gasteiger partial charge is 0.224 e. The molecular formula is C23H33N5O. The van der Waals surface area contributed by atoms with E-state index in [9.17, 15) is 4.79 Å². The van der Waals surface area contributed by atoms with E-state index < -0.39 is 0 Å². The van der Waals surface area contributed by atoms with Crippen molar-refractivity contribution < 1.29 is 4.79 Å². The Balaban J connectivity index is 1.51. The maximum atomic E-state index is 12.4. The zero-order valence-corrected chi connectivity index (χ0v) is 17.9.